The average molecular weight is 502 g/mol. The number of carbonyl (C=O) groups excluding carboxylic acids is 3. The van der Waals surface area contributed by atoms with Gasteiger partial charge in [-0.05, 0) is 35.9 Å². The maximum Gasteiger partial charge on any atom is 0.194 e. The fourth-order valence-electron chi connectivity index (χ4n) is 3.81. The van der Waals surface area contributed by atoms with E-state index in [-0.39, 0.29) is 18.2 Å². The number of hydrogen-bond donors (Lipinski definition) is 0. The van der Waals surface area contributed by atoms with E-state index in [0.717, 1.165) is 16.3 Å². The Balaban J connectivity index is 1.32. The van der Waals surface area contributed by atoms with Crippen LogP contribution in [0.3, 0.4) is 0 Å². The van der Waals surface area contributed by atoms with Crippen LogP contribution in [0.1, 0.15) is 53.5 Å². The van der Waals surface area contributed by atoms with Crippen molar-refractivity contribution < 1.29 is 19.1 Å². The highest BCUT2D eigenvalue weighted by molar-refractivity contribution is 9.10. The average Bonchev–Trinajstić information content (AvgIpc) is 3.28. The molecule has 0 bridgehead atoms. The molecule has 0 spiro atoms. The predicted molar refractivity (Wildman–Crippen MR) is 123 cm³/mol. The first-order valence-corrected chi connectivity index (χ1v) is 10.9. The summed E-state index contributed by atoms with van der Waals surface area (Å²) in [5.41, 5.74) is 3.52. The van der Waals surface area contributed by atoms with Crippen molar-refractivity contribution >= 4 is 33.8 Å². The van der Waals surface area contributed by atoms with E-state index in [0.29, 0.717) is 45.8 Å². The Morgan fingerprint density at radius 3 is 2.39 bits per heavy atom. The van der Waals surface area contributed by atoms with Crippen LogP contribution in [0.4, 0.5) is 0 Å². The molecule has 7 nitrogen and oxygen atoms in total. The second-order valence-electron chi connectivity index (χ2n) is 7.58. The van der Waals surface area contributed by atoms with Gasteiger partial charge in [-0.25, -0.2) is 4.68 Å². The number of hydrogen-bond acceptors (Lipinski definition) is 6. The minimum Gasteiger partial charge on any atom is -0.486 e. The number of rotatable bonds is 6. The predicted octanol–water partition coefficient (Wildman–Crippen LogP) is 4.26. The van der Waals surface area contributed by atoms with Gasteiger partial charge < -0.3 is 4.74 Å². The van der Waals surface area contributed by atoms with Crippen molar-refractivity contribution in [1.82, 2.24) is 15.0 Å². The summed E-state index contributed by atoms with van der Waals surface area (Å²) in [6, 6.07) is 17.3. The van der Waals surface area contributed by atoms with Gasteiger partial charge in [-0.2, -0.15) is 0 Å². The highest BCUT2D eigenvalue weighted by Gasteiger charge is 2.29. The van der Waals surface area contributed by atoms with Crippen LogP contribution < -0.4 is 4.74 Å². The maximum absolute atomic E-state index is 12.9. The number of nitrogens with zero attached hydrogens (tertiary/aromatic N) is 3. The van der Waals surface area contributed by atoms with Gasteiger partial charge in [0.1, 0.15) is 18.1 Å². The Kier molecular flexibility index (Phi) is 5.43. The minimum atomic E-state index is -0.157. The summed E-state index contributed by atoms with van der Waals surface area (Å²) in [6.45, 7) is 0.525. The molecule has 1 heterocycles. The van der Waals surface area contributed by atoms with Crippen LogP contribution in [0.25, 0.3) is 0 Å². The molecule has 1 aliphatic rings. The summed E-state index contributed by atoms with van der Waals surface area (Å²) in [7, 11) is 0. The molecule has 0 atom stereocenters. The molecule has 1 aliphatic carbocycles. The van der Waals surface area contributed by atoms with Gasteiger partial charge in [0, 0.05) is 26.7 Å². The lowest BCUT2D eigenvalue weighted by Crippen LogP contribution is -2.21. The molecule has 1 aromatic heterocycles. The molecule has 0 unspecified atom stereocenters. The third-order valence-corrected chi connectivity index (χ3v) is 5.89. The fourth-order valence-corrected chi connectivity index (χ4v) is 4.19. The zero-order valence-electron chi connectivity index (χ0n) is 17.2. The number of ether oxygens (including phenoxy) is 1. The van der Waals surface area contributed by atoms with E-state index in [1.165, 1.54) is 0 Å². The van der Waals surface area contributed by atoms with Crippen LogP contribution in [0, 0.1) is 0 Å². The molecule has 0 radical (unpaired) electrons. The van der Waals surface area contributed by atoms with Crippen LogP contribution >= 0.6 is 15.9 Å². The zero-order valence-corrected chi connectivity index (χ0v) is 18.8. The molecule has 162 valence electrons. The van der Waals surface area contributed by atoms with E-state index >= 15 is 0 Å². The molecular weight excluding hydrogens is 486 g/mol. The lowest BCUT2D eigenvalue weighted by atomic mass is 9.83. The topological polar surface area (TPSA) is 91.2 Å². The SMILES string of the molecule is O=Cc1cc(Br)ccc1OCc1cn(Cc2ccc3c(c2)C(=O)c2ccccc2C3=O)nn1. The number of halogens is 1. The Morgan fingerprint density at radius 2 is 1.64 bits per heavy atom. The van der Waals surface area contributed by atoms with Crippen LogP contribution in [0.5, 0.6) is 5.75 Å². The van der Waals surface area contributed by atoms with E-state index in [4.69, 9.17) is 4.74 Å². The van der Waals surface area contributed by atoms with E-state index in [1.54, 1.807) is 65.5 Å². The van der Waals surface area contributed by atoms with Crippen LogP contribution in [0.15, 0.2) is 71.3 Å². The van der Waals surface area contributed by atoms with Crippen molar-refractivity contribution in [2.75, 3.05) is 0 Å². The second-order valence-corrected chi connectivity index (χ2v) is 8.50. The van der Waals surface area contributed by atoms with Crippen LogP contribution in [-0.2, 0) is 13.2 Å². The van der Waals surface area contributed by atoms with E-state index in [2.05, 4.69) is 26.2 Å². The Labute approximate surface area is 197 Å². The van der Waals surface area contributed by atoms with Crippen molar-refractivity contribution in [2.45, 2.75) is 13.2 Å². The summed E-state index contributed by atoms with van der Waals surface area (Å²) < 4.78 is 8.14. The number of benzene rings is 3. The monoisotopic (exact) mass is 501 g/mol. The molecule has 0 saturated heterocycles. The summed E-state index contributed by atoms with van der Waals surface area (Å²) in [4.78, 5) is 36.9. The van der Waals surface area contributed by atoms with Gasteiger partial charge in [0.25, 0.3) is 0 Å². The molecule has 0 fully saturated rings. The van der Waals surface area contributed by atoms with Crippen molar-refractivity contribution in [3.8, 4) is 5.75 Å². The number of aromatic nitrogens is 3. The smallest absolute Gasteiger partial charge is 0.194 e. The largest absolute Gasteiger partial charge is 0.486 e. The molecule has 4 aromatic rings. The summed E-state index contributed by atoms with van der Waals surface area (Å²) in [6.07, 6.45) is 2.47. The van der Waals surface area contributed by atoms with E-state index < -0.39 is 0 Å². The third kappa shape index (κ3) is 4.01. The van der Waals surface area contributed by atoms with Gasteiger partial charge in [-0.3, -0.25) is 14.4 Å². The zero-order chi connectivity index (χ0) is 22.9. The fraction of sp³-hybridized carbons (Fsp3) is 0.0800. The minimum absolute atomic E-state index is 0.144. The summed E-state index contributed by atoms with van der Waals surface area (Å²) in [5, 5.41) is 8.23. The van der Waals surface area contributed by atoms with E-state index in [1.807, 2.05) is 6.07 Å². The van der Waals surface area contributed by atoms with Crippen molar-refractivity contribution in [1.29, 1.82) is 0 Å². The summed E-state index contributed by atoms with van der Waals surface area (Å²) in [5.74, 6) is 0.158. The molecule has 0 amide bonds. The quantitative estimate of drug-likeness (QED) is 0.323. The normalized spacial score (nSPS) is 12.3. The number of fused-ring (bicyclic) bond motifs is 2. The summed E-state index contributed by atoms with van der Waals surface area (Å²) >= 11 is 3.33. The number of ketones is 2. The van der Waals surface area contributed by atoms with Gasteiger partial charge in [-0.15, -0.1) is 5.10 Å². The maximum atomic E-state index is 12.9. The van der Waals surface area contributed by atoms with Crippen LogP contribution in [0.2, 0.25) is 0 Å². The van der Waals surface area contributed by atoms with Crippen molar-refractivity contribution in [3.63, 3.8) is 0 Å². The van der Waals surface area contributed by atoms with Crippen LogP contribution in [-0.4, -0.2) is 32.8 Å². The van der Waals surface area contributed by atoms with Gasteiger partial charge in [-0.1, -0.05) is 51.5 Å². The first kappa shape index (κ1) is 21.0. The van der Waals surface area contributed by atoms with Gasteiger partial charge >= 0.3 is 0 Å². The lowest BCUT2D eigenvalue weighted by molar-refractivity contribution is 0.0979. The molecule has 0 saturated carbocycles. The Bertz CT molecular complexity index is 1430. The Morgan fingerprint density at radius 1 is 0.909 bits per heavy atom. The second kappa shape index (κ2) is 8.55. The van der Waals surface area contributed by atoms with Gasteiger partial charge in [0.15, 0.2) is 17.9 Å². The number of aldehydes is 1. The standard InChI is InChI=1S/C25H16BrN3O4/c26-17-6-8-23(16(10-17)13-30)33-14-18-12-29(28-27-18)11-15-5-7-21-22(9-15)25(32)20-4-2-1-3-19(20)24(21)31/h1-10,12-13H,11,14H2. The first-order chi connectivity index (χ1) is 16.0. The van der Waals surface area contributed by atoms with Gasteiger partial charge in [0.05, 0.1) is 18.3 Å². The molecule has 8 heteroatoms. The van der Waals surface area contributed by atoms with Crippen molar-refractivity contribution in [2.24, 2.45) is 0 Å². The molecule has 5 rings (SSSR count). The molecule has 3 aromatic carbocycles. The molecule has 0 N–H and O–H groups in total. The van der Waals surface area contributed by atoms with Crippen molar-refractivity contribution in [3.05, 3.63) is 110 Å². The number of carbonyl (C=O) groups is 3. The Hall–Kier alpha value is -3.91. The molecular formula is C25H16BrN3O4. The highest BCUT2D eigenvalue weighted by Crippen LogP contribution is 2.28. The molecule has 33 heavy (non-hydrogen) atoms. The lowest BCUT2D eigenvalue weighted by Gasteiger charge is -2.18. The first-order valence-electron chi connectivity index (χ1n) is 10.1. The third-order valence-electron chi connectivity index (χ3n) is 5.39. The highest BCUT2D eigenvalue weighted by atomic mass is 79.9. The van der Waals surface area contributed by atoms with Gasteiger partial charge in [0.2, 0.25) is 0 Å². The van der Waals surface area contributed by atoms with E-state index in [9.17, 15) is 14.4 Å². The molecule has 0 aliphatic heterocycles.